The fourth-order valence-electron chi connectivity index (χ4n) is 3.63. The van der Waals surface area contributed by atoms with E-state index in [4.69, 9.17) is 4.74 Å². The highest BCUT2D eigenvalue weighted by Gasteiger charge is 2.22. The topological polar surface area (TPSA) is 67.4 Å². The van der Waals surface area contributed by atoms with Crippen LogP contribution in [0.3, 0.4) is 0 Å². The van der Waals surface area contributed by atoms with Gasteiger partial charge in [-0.25, -0.2) is 0 Å². The molecule has 1 aromatic carbocycles. The van der Waals surface area contributed by atoms with Crippen molar-refractivity contribution in [3.63, 3.8) is 0 Å². The number of ether oxygens (including phenoxy) is 1. The largest absolute Gasteiger partial charge is 0.483 e. The van der Waals surface area contributed by atoms with E-state index in [2.05, 4.69) is 36.3 Å². The average Bonchev–Trinajstić information content (AvgIpc) is 2.59. The van der Waals surface area contributed by atoms with E-state index >= 15 is 0 Å². The number of carbonyl (C=O) groups is 2. The van der Waals surface area contributed by atoms with Crippen molar-refractivity contribution in [3.8, 4) is 5.75 Å². The van der Waals surface area contributed by atoms with E-state index in [9.17, 15) is 9.59 Å². The third kappa shape index (κ3) is 5.90. The van der Waals surface area contributed by atoms with Gasteiger partial charge in [0.25, 0.3) is 5.91 Å². The van der Waals surface area contributed by atoms with Gasteiger partial charge in [-0.05, 0) is 69.6 Å². The smallest absolute Gasteiger partial charge is 0.258 e. The Kier molecular flexibility index (Phi) is 7.25. The number of aryl methyl sites for hydroxylation is 3. The molecule has 1 aliphatic rings. The average molecular weight is 358 g/mol. The molecular formula is C21H30N2O3. The van der Waals surface area contributed by atoms with Crippen LogP contribution in [0.5, 0.6) is 5.75 Å². The van der Waals surface area contributed by atoms with Gasteiger partial charge in [0.15, 0.2) is 6.61 Å². The summed E-state index contributed by atoms with van der Waals surface area (Å²) in [5, 5.41) is 5.91. The quantitative estimate of drug-likeness (QED) is 0.737. The molecule has 5 heteroatoms. The monoisotopic (exact) mass is 358 g/mol. The van der Waals surface area contributed by atoms with Crippen molar-refractivity contribution in [1.82, 2.24) is 10.6 Å². The molecule has 0 bridgehead atoms. The van der Waals surface area contributed by atoms with Gasteiger partial charge >= 0.3 is 0 Å². The number of nitrogens with one attached hydrogen (secondary N) is 2. The Bertz CT molecular complexity index is 638. The number of rotatable bonds is 7. The van der Waals surface area contributed by atoms with Crippen LogP contribution in [-0.4, -0.2) is 31.0 Å². The minimum Gasteiger partial charge on any atom is -0.483 e. The molecule has 0 radical (unpaired) electrons. The number of amides is 2. The Balaban J connectivity index is 1.73. The molecule has 2 amide bonds. The third-order valence-electron chi connectivity index (χ3n) is 4.91. The first-order chi connectivity index (χ1) is 12.4. The summed E-state index contributed by atoms with van der Waals surface area (Å²) in [5.74, 6) is 1.07. The lowest BCUT2D eigenvalue weighted by Crippen LogP contribution is -2.41. The number of hydrogen-bond donors (Lipinski definition) is 2. The van der Waals surface area contributed by atoms with Crippen molar-refractivity contribution in [1.29, 1.82) is 0 Å². The van der Waals surface area contributed by atoms with Crippen molar-refractivity contribution >= 4 is 11.8 Å². The second-order valence-electron chi connectivity index (χ2n) is 7.25. The Morgan fingerprint density at radius 3 is 2.35 bits per heavy atom. The molecular weight excluding hydrogens is 328 g/mol. The fraction of sp³-hybridized carbons (Fsp3) is 0.524. The van der Waals surface area contributed by atoms with Gasteiger partial charge in [-0.2, -0.15) is 0 Å². The summed E-state index contributed by atoms with van der Waals surface area (Å²) in [6.45, 7) is 10.2. The second kappa shape index (κ2) is 9.41. The SMILES string of the molecule is C=CC(=O)NCC1CCC(NC(=O)COc2c(C)cc(C)cc2C)CC1. The zero-order valence-corrected chi connectivity index (χ0v) is 16.1. The van der Waals surface area contributed by atoms with E-state index in [1.807, 2.05) is 13.8 Å². The molecule has 142 valence electrons. The van der Waals surface area contributed by atoms with E-state index in [0.29, 0.717) is 12.5 Å². The molecule has 26 heavy (non-hydrogen) atoms. The van der Waals surface area contributed by atoms with Crippen molar-refractivity contribution in [2.45, 2.75) is 52.5 Å². The lowest BCUT2D eigenvalue weighted by molar-refractivity contribution is -0.124. The van der Waals surface area contributed by atoms with Crippen LogP contribution in [0.25, 0.3) is 0 Å². The Morgan fingerprint density at radius 2 is 1.77 bits per heavy atom. The van der Waals surface area contributed by atoms with Crippen LogP contribution in [0.2, 0.25) is 0 Å². The molecule has 0 atom stereocenters. The van der Waals surface area contributed by atoms with Crippen LogP contribution >= 0.6 is 0 Å². The van der Waals surface area contributed by atoms with Gasteiger partial charge in [-0.3, -0.25) is 9.59 Å². The summed E-state index contributed by atoms with van der Waals surface area (Å²) in [7, 11) is 0. The number of hydrogen-bond acceptors (Lipinski definition) is 3. The lowest BCUT2D eigenvalue weighted by atomic mass is 9.86. The highest BCUT2D eigenvalue weighted by Crippen LogP contribution is 2.25. The molecule has 1 fully saturated rings. The lowest BCUT2D eigenvalue weighted by Gasteiger charge is -2.29. The van der Waals surface area contributed by atoms with Gasteiger partial charge in [-0.15, -0.1) is 0 Å². The fourth-order valence-corrected chi connectivity index (χ4v) is 3.63. The van der Waals surface area contributed by atoms with E-state index in [1.165, 1.54) is 11.6 Å². The molecule has 0 aliphatic heterocycles. The van der Waals surface area contributed by atoms with E-state index in [0.717, 1.165) is 42.6 Å². The van der Waals surface area contributed by atoms with Crippen LogP contribution in [-0.2, 0) is 9.59 Å². The van der Waals surface area contributed by atoms with E-state index in [-0.39, 0.29) is 24.5 Å². The van der Waals surface area contributed by atoms with Crippen molar-refractivity contribution < 1.29 is 14.3 Å². The number of carbonyl (C=O) groups excluding carboxylic acids is 2. The summed E-state index contributed by atoms with van der Waals surface area (Å²) in [6, 6.07) is 4.32. The first-order valence-electron chi connectivity index (χ1n) is 9.29. The second-order valence-corrected chi connectivity index (χ2v) is 7.25. The molecule has 1 saturated carbocycles. The highest BCUT2D eigenvalue weighted by atomic mass is 16.5. The van der Waals surface area contributed by atoms with Gasteiger partial charge in [0, 0.05) is 12.6 Å². The summed E-state index contributed by atoms with van der Waals surface area (Å²) < 4.78 is 5.76. The zero-order chi connectivity index (χ0) is 19.1. The molecule has 0 spiro atoms. The highest BCUT2D eigenvalue weighted by molar-refractivity contribution is 5.86. The van der Waals surface area contributed by atoms with Crippen molar-refractivity contribution in [2.75, 3.05) is 13.2 Å². The molecule has 5 nitrogen and oxygen atoms in total. The maximum Gasteiger partial charge on any atom is 0.258 e. The van der Waals surface area contributed by atoms with Gasteiger partial charge in [0.05, 0.1) is 0 Å². The van der Waals surface area contributed by atoms with Gasteiger partial charge < -0.3 is 15.4 Å². The molecule has 2 rings (SSSR count). The molecule has 2 N–H and O–H groups in total. The van der Waals surface area contributed by atoms with Crippen molar-refractivity contribution in [3.05, 3.63) is 41.5 Å². The van der Waals surface area contributed by atoms with E-state index in [1.54, 1.807) is 0 Å². The predicted octanol–water partition coefficient (Wildman–Crippen LogP) is 2.97. The Labute approximate surface area is 156 Å². The van der Waals surface area contributed by atoms with Gasteiger partial charge in [0.2, 0.25) is 5.91 Å². The molecule has 1 aromatic rings. The minimum absolute atomic E-state index is 0.0417. The first kappa shape index (κ1) is 20.0. The standard InChI is InChI=1S/C21H30N2O3/c1-5-19(24)22-12-17-6-8-18(9-7-17)23-20(25)13-26-21-15(3)10-14(2)11-16(21)4/h5,10-11,17-18H,1,6-9,12-13H2,2-4H3,(H,22,24)(H,23,25). The van der Waals surface area contributed by atoms with E-state index < -0.39 is 0 Å². The molecule has 0 unspecified atom stereocenters. The van der Waals surface area contributed by atoms with Crippen molar-refractivity contribution in [2.24, 2.45) is 5.92 Å². The summed E-state index contributed by atoms with van der Waals surface area (Å²) in [4.78, 5) is 23.4. The molecule has 0 aromatic heterocycles. The first-order valence-corrected chi connectivity index (χ1v) is 9.29. The summed E-state index contributed by atoms with van der Waals surface area (Å²) in [5.41, 5.74) is 3.30. The van der Waals surface area contributed by atoms with Gasteiger partial charge in [-0.1, -0.05) is 24.3 Å². The maximum atomic E-state index is 12.2. The van der Waals surface area contributed by atoms with Crippen LogP contribution < -0.4 is 15.4 Å². The van der Waals surface area contributed by atoms with Crippen LogP contribution in [0.4, 0.5) is 0 Å². The summed E-state index contributed by atoms with van der Waals surface area (Å²) in [6.07, 6.45) is 5.16. The van der Waals surface area contributed by atoms with Crippen LogP contribution in [0.15, 0.2) is 24.8 Å². The molecule has 0 heterocycles. The Hall–Kier alpha value is -2.30. The van der Waals surface area contributed by atoms with Gasteiger partial charge in [0.1, 0.15) is 5.75 Å². The van der Waals surface area contributed by atoms with Crippen LogP contribution in [0, 0.1) is 26.7 Å². The summed E-state index contributed by atoms with van der Waals surface area (Å²) >= 11 is 0. The normalized spacial score (nSPS) is 19.5. The maximum absolute atomic E-state index is 12.2. The zero-order valence-electron chi connectivity index (χ0n) is 16.1. The van der Waals surface area contributed by atoms with Crippen LogP contribution in [0.1, 0.15) is 42.4 Å². The third-order valence-corrected chi connectivity index (χ3v) is 4.91. The Morgan fingerprint density at radius 1 is 1.15 bits per heavy atom. The molecule has 0 saturated heterocycles. The minimum atomic E-state index is -0.126. The number of benzene rings is 1. The molecule has 1 aliphatic carbocycles. The predicted molar refractivity (Wildman–Crippen MR) is 103 cm³/mol.